The smallest absolute Gasteiger partial charge is 0.114 e. The third-order valence-electron chi connectivity index (χ3n) is 2.48. The van der Waals surface area contributed by atoms with Crippen molar-refractivity contribution in [3.8, 4) is 0 Å². The van der Waals surface area contributed by atoms with E-state index in [-0.39, 0.29) is 0 Å². The Hall–Kier alpha value is -0.870. The molecule has 2 aromatic rings. The lowest BCUT2D eigenvalue weighted by Gasteiger charge is -2.10. The molecule has 1 aromatic carbocycles. The monoisotopic (exact) mass is 254 g/mol. The summed E-state index contributed by atoms with van der Waals surface area (Å²) in [5.41, 5.74) is 5.82. The number of halogens is 1. The second-order valence-electron chi connectivity index (χ2n) is 3.51. The van der Waals surface area contributed by atoms with Gasteiger partial charge in [-0.2, -0.15) is 0 Å². The molecule has 0 amide bonds. The molecule has 0 aliphatic heterocycles. The first-order valence-electron chi connectivity index (χ1n) is 5.01. The summed E-state index contributed by atoms with van der Waals surface area (Å²) < 4.78 is 0. The number of benzene rings is 1. The van der Waals surface area contributed by atoms with Crippen LogP contribution in [0.1, 0.15) is 22.1 Å². The third kappa shape index (κ3) is 2.28. The van der Waals surface area contributed by atoms with Crippen LogP contribution >= 0.6 is 22.9 Å². The Labute approximate surface area is 103 Å². The van der Waals surface area contributed by atoms with Gasteiger partial charge in [0.05, 0.1) is 0 Å². The lowest BCUT2D eigenvalue weighted by Crippen LogP contribution is -2.47. The molecule has 0 aliphatic carbocycles. The van der Waals surface area contributed by atoms with Crippen LogP contribution in [0.5, 0.6) is 0 Å². The van der Waals surface area contributed by atoms with Gasteiger partial charge in [-0.15, -0.1) is 11.3 Å². The van der Waals surface area contributed by atoms with Gasteiger partial charge in [0, 0.05) is 15.5 Å². The molecule has 4 heteroatoms. The van der Waals surface area contributed by atoms with E-state index in [1.54, 1.807) is 23.5 Å². The second-order valence-corrected chi connectivity index (χ2v) is 4.90. The van der Waals surface area contributed by atoms with Crippen LogP contribution in [0.4, 0.5) is 0 Å². The van der Waals surface area contributed by atoms with Gasteiger partial charge in [0.1, 0.15) is 12.6 Å². The quantitative estimate of drug-likeness (QED) is 0.867. The van der Waals surface area contributed by atoms with E-state index in [1.807, 2.05) is 23.6 Å². The molecule has 0 saturated heterocycles. The van der Waals surface area contributed by atoms with Gasteiger partial charge < -0.3 is 10.8 Å². The molecule has 1 heterocycles. The predicted octanol–water partition coefficient (Wildman–Crippen LogP) is 2.23. The van der Waals surface area contributed by atoms with Gasteiger partial charge in [0.25, 0.3) is 0 Å². The Morgan fingerprint density at radius 2 is 1.94 bits per heavy atom. The molecule has 0 radical (unpaired) electrons. The van der Waals surface area contributed by atoms with Crippen LogP contribution in [-0.2, 0) is 6.54 Å². The van der Waals surface area contributed by atoms with E-state index >= 15 is 0 Å². The Kier molecular flexibility index (Phi) is 3.61. The summed E-state index contributed by atoms with van der Waals surface area (Å²) in [6, 6.07) is 9.28. The van der Waals surface area contributed by atoms with Crippen LogP contribution in [0.25, 0.3) is 0 Å². The SMILES string of the molecule is [NH3+]Cc1ccsc1[C@@H](O)c1ccc(Cl)cc1. The number of hydrogen-bond acceptors (Lipinski definition) is 2. The van der Waals surface area contributed by atoms with Gasteiger partial charge in [-0.05, 0) is 29.1 Å². The summed E-state index contributed by atoms with van der Waals surface area (Å²) in [6.45, 7) is 0.698. The second kappa shape index (κ2) is 4.97. The first-order chi connectivity index (χ1) is 7.72. The molecule has 2 nitrogen and oxygen atoms in total. The van der Waals surface area contributed by atoms with Crippen LogP contribution in [0.3, 0.4) is 0 Å². The van der Waals surface area contributed by atoms with Crippen molar-refractivity contribution >= 4 is 22.9 Å². The molecule has 0 aliphatic rings. The lowest BCUT2D eigenvalue weighted by atomic mass is 10.1. The zero-order valence-electron chi connectivity index (χ0n) is 8.69. The highest BCUT2D eigenvalue weighted by Crippen LogP contribution is 2.29. The highest BCUT2D eigenvalue weighted by Gasteiger charge is 2.15. The van der Waals surface area contributed by atoms with E-state index in [4.69, 9.17) is 11.6 Å². The molecule has 0 spiro atoms. The zero-order valence-corrected chi connectivity index (χ0v) is 10.3. The molecule has 84 valence electrons. The maximum Gasteiger partial charge on any atom is 0.114 e. The maximum absolute atomic E-state index is 10.2. The molecule has 0 bridgehead atoms. The molecule has 4 N–H and O–H groups in total. The third-order valence-corrected chi connectivity index (χ3v) is 3.75. The number of aliphatic hydroxyl groups excluding tert-OH is 1. The van der Waals surface area contributed by atoms with E-state index in [9.17, 15) is 5.11 Å². The highest BCUT2D eigenvalue weighted by molar-refractivity contribution is 7.10. The maximum atomic E-state index is 10.2. The zero-order chi connectivity index (χ0) is 11.5. The number of aliphatic hydroxyl groups is 1. The molecule has 1 aromatic heterocycles. The van der Waals surface area contributed by atoms with Gasteiger partial charge in [0.2, 0.25) is 0 Å². The first-order valence-corrected chi connectivity index (χ1v) is 6.27. The fourth-order valence-corrected chi connectivity index (χ4v) is 2.68. The lowest BCUT2D eigenvalue weighted by molar-refractivity contribution is -0.386. The number of thiophene rings is 1. The van der Waals surface area contributed by atoms with Crippen molar-refractivity contribution in [3.05, 3.63) is 56.7 Å². The normalized spacial score (nSPS) is 12.7. The number of quaternary nitrogens is 1. The summed E-state index contributed by atoms with van der Waals surface area (Å²) in [5, 5.41) is 12.9. The first kappa shape index (κ1) is 11.6. The van der Waals surface area contributed by atoms with Crippen LogP contribution in [0.2, 0.25) is 5.02 Å². The van der Waals surface area contributed by atoms with Crippen LogP contribution < -0.4 is 5.73 Å². The van der Waals surface area contributed by atoms with Crippen molar-refractivity contribution in [2.24, 2.45) is 0 Å². The Morgan fingerprint density at radius 3 is 2.56 bits per heavy atom. The Morgan fingerprint density at radius 1 is 1.25 bits per heavy atom. The molecule has 0 fully saturated rings. The number of rotatable bonds is 3. The van der Waals surface area contributed by atoms with Crippen molar-refractivity contribution in [3.63, 3.8) is 0 Å². The van der Waals surface area contributed by atoms with Crippen molar-refractivity contribution in [1.29, 1.82) is 0 Å². The van der Waals surface area contributed by atoms with Gasteiger partial charge >= 0.3 is 0 Å². The minimum atomic E-state index is -0.575. The molecule has 0 saturated carbocycles. The van der Waals surface area contributed by atoms with Crippen molar-refractivity contribution in [2.45, 2.75) is 12.6 Å². The average molecular weight is 255 g/mol. The standard InChI is InChI=1S/C12H12ClNOS/c13-10-3-1-8(2-4-10)11(15)12-9(7-14)5-6-16-12/h1-6,11,15H,7,14H2/p+1/t11-/m0/s1. The van der Waals surface area contributed by atoms with Crippen molar-refractivity contribution in [2.75, 3.05) is 0 Å². The minimum Gasteiger partial charge on any atom is -0.383 e. The van der Waals surface area contributed by atoms with E-state index in [0.717, 1.165) is 16.0 Å². The summed E-state index contributed by atoms with van der Waals surface area (Å²) in [4.78, 5) is 0.970. The summed E-state index contributed by atoms with van der Waals surface area (Å²) in [5.74, 6) is 0. The molecule has 0 unspecified atom stereocenters. The summed E-state index contributed by atoms with van der Waals surface area (Å²) >= 11 is 7.37. The summed E-state index contributed by atoms with van der Waals surface area (Å²) in [7, 11) is 0. The van der Waals surface area contributed by atoms with E-state index in [0.29, 0.717) is 11.6 Å². The molecular formula is C12H13ClNOS+. The average Bonchev–Trinajstić information content (AvgIpc) is 2.77. The molecule has 16 heavy (non-hydrogen) atoms. The van der Waals surface area contributed by atoms with Crippen LogP contribution in [0, 0.1) is 0 Å². The Bertz CT molecular complexity index is 466. The van der Waals surface area contributed by atoms with Crippen LogP contribution in [0.15, 0.2) is 35.7 Å². The molecular weight excluding hydrogens is 242 g/mol. The highest BCUT2D eigenvalue weighted by atomic mass is 35.5. The van der Waals surface area contributed by atoms with Crippen LogP contribution in [-0.4, -0.2) is 5.11 Å². The van der Waals surface area contributed by atoms with Gasteiger partial charge in [-0.1, -0.05) is 23.7 Å². The van der Waals surface area contributed by atoms with Crippen molar-refractivity contribution in [1.82, 2.24) is 0 Å². The fraction of sp³-hybridized carbons (Fsp3) is 0.167. The molecule has 2 rings (SSSR count). The number of hydrogen-bond donors (Lipinski definition) is 2. The van der Waals surface area contributed by atoms with Gasteiger partial charge in [-0.25, -0.2) is 0 Å². The van der Waals surface area contributed by atoms with Gasteiger partial charge in [-0.3, -0.25) is 0 Å². The topological polar surface area (TPSA) is 47.9 Å². The predicted molar refractivity (Wildman–Crippen MR) is 66.4 cm³/mol. The van der Waals surface area contributed by atoms with Crippen molar-refractivity contribution < 1.29 is 10.8 Å². The Balaban J connectivity index is 2.31. The largest absolute Gasteiger partial charge is 0.383 e. The minimum absolute atomic E-state index is 0.575. The fourth-order valence-electron chi connectivity index (χ4n) is 1.59. The van der Waals surface area contributed by atoms with Gasteiger partial charge in [0.15, 0.2) is 0 Å². The van der Waals surface area contributed by atoms with E-state index in [2.05, 4.69) is 5.73 Å². The molecule has 1 atom stereocenters. The van der Waals surface area contributed by atoms with E-state index in [1.165, 1.54) is 0 Å². The summed E-state index contributed by atoms with van der Waals surface area (Å²) in [6.07, 6.45) is -0.575. The van der Waals surface area contributed by atoms with E-state index < -0.39 is 6.10 Å².